The minimum Gasteiger partial charge on any atom is -0.478 e. The predicted molar refractivity (Wildman–Crippen MR) is 38.0 cm³/mol. The smallest absolute Gasteiger partial charge is 0.435 e. The first kappa shape index (κ1) is 9.56. The van der Waals surface area contributed by atoms with E-state index in [4.69, 9.17) is 5.73 Å². The molecule has 0 saturated carbocycles. The van der Waals surface area contributed by atoms with Crippen LogP contribution in [0.25, 0.3) is 0 Å². The number of rotatable bonds is 1. The Hall–Kier alpha value is -1.53. The fraction of sp³-hybridized carbons (Fsp3) is 0.333. The maximum atomic E-state index is 12.0. The summed E-state index contributed by atoms with van der Waals surface area (Å²) in [5, 5.41) is 0. The minimum atomic E-state index is -4.53. The van der Waals surface area contributed by atoms with E-state index in [0.717, 1.165) is 0 Å². The molecular weight excluding hydrogens is 187 g/mol. The first-order valence-electron chi connectivity index (χ1n) is 3.19. The van der Waals surface area contributed by atoms with E-state index in [1.54, 1.807) is 0 Å². The molecule has 1 rings (SSSR count). The summed E-state index contributed by atoms with van der Waals surface area (Å²) in [5.41, 5.74) is 4.05. The van der Waals surface area contributed by atoms with Crippen LogP contribution in [0.2, 0.25) is 0 Å². The highest BCUT2D eigenvalue weighted by molar-refractivity contribution is 5.40. The lowest BCUT2D eigenvalue weighted by Crippen LogP contribution is -2.10. The van der Waals surface area contributed by atoms with Gasteiger partial charge < -0.3 is 10.5 Å². The molecule has 1 aromatic heterocycles. The highest BCUT2D eigenvalue weighted by Gasteiger charge is 2.33. The first-order valence-corrected chi connectivity index (χ1v) is 3.19. The van der Waals surface area contributed by atoms with E-state index in [0.29, 0.717) is 6.20 Å². The highest BCUT2D eigenvalue weighted by atomic mass is 19.4. The zero-order chi connectivity index (χ0) is 10.1. The van der Waals surface area contributed by atoms with Gasteiger partial charge in [-0.1, -0.05) is 0 Å². The largest absolute Gasteiger partial charge is 0.478 e. The highest BCUT2D eigenvalue weighted by Crippen LogP contribution is 2.29. The number of ether oxygens (including phenoxy) is 1. The standard InChI is InChI=1S/C6H6F3N3O/c1-13-5-4(10)11-2-3(12-5)6(7,8)9/h2H,1H3,(H2,10,11). The summed E-state index contributed by atoms with van der Waals surface area (Å²) >= 11 is 0. The molecule has 0 radical (unpaired) electrons. The van der Waals surface area contributed by atoms with E-state index >= 15 is 0 Å². The van der Waals surface area contributed by atoms with Gasteiger partial charge in [0.1, 0.15) is 0 Å². The number of nitrogens with two attached hydrogens (primary N) is 1. The SMILES string of the molecule is COc1nc(C(F)(F)F)cnc1N. The number of methoxy groups -OCH3 is 1. The molecule has 1 heterocycles. The molecule has 13 heavy (non-hydrogen) atoms. The Morgan fingerprint density at radius 2 is 2.08 bits per heavy atom. The molecule has 0 spiro atoms. The topological polar surface area (TPSA) is 61.0 Å². The minimum absolute atomic E-state index is 0.171. The maximum Gasteiger partial charge on any atom is 0.435 e. The summed E-state index contributed by atoms with van der Waals surface area (Å²) in [6.45, 7) is 0. The van der Waals surface area contributed by atoms with Crippen molar-refractivity contribution >= 4 is 5.82 Å². The number of halogens is 3. The quantitative estimate of drug-likeness (QED) is 0.725. The van der Waals surface area contributed by atoms with Gasteiger partial charge in [-0.05, 0) is 0 Å². The Labute approximate surface area is 71.6 Å². The first-order chi connectivity index (χ1) is 5.95. The molecule has 2 N–H and O–H groups in total. The second-order valence-corrected chi connectivity index (χ2v) is 2.15. The zero-order valence-electron chi connectivity index (χ0n) is 6.59. The molecule has 1 aromatic rings. The number of aromatic nitrogens is 2. The van der Waals surface area contributed by atoms with E-state index in [-0.39, 0.29) is 11.7 Å². The van der Waals surface area contributed by atoms with Crippen LogP contribution in [0.15, 0.2) is 6.20 Å². The lowest BCUT2D eigenvalue weighted by molar-refractivity contribution is -0.141. The Morgan fingerprint density at radius 1 is 1.46 bits per heavy atom. The van der Waals surface area contributed by atoms with E-state index in [1.165, 1.54) is 7.11 Å². The third-order valence-electron chi connectivity index (χ3n) is 1.25. The zero-order valence-corrected chi connectivity index (χ0v) is 6.59. The molecule has 0 saturated heterocycles. The van der Waals surface area contributed by atoms with Crippen LogP contribution in [0, 0.1) is 0 Å². The predicted octanol–water partition coefficient (Wildman–Crippen LogP) is 1.09. The third kappa shape index (κ3) is 1.98. The van der Waals surface area contributed by atoms with Crippen molar-refractivity contribution in [3.05, 3.63) is 11.9 Å². The number of anilines is 1. The van der Waals surface area contributed by atoms with Gasteiger partial charge in [0.05, 0.1) is 13.3 Å². The van der Waals surface area contributed by atoms with Crippen molar-refractivity contribution in [3.8, 4) is 5.88 Å². The Morgan fingerprint density at radius 3 is 2.54 bits per heavy atom. The van der Waals surface area contributed by atoms with Gasteiger partial charge in [-0.15, -0.1) is 0 Å². The van der Waals surface area contributed by atoms with E-state index < -0.39 is 11.9 Å². The fourth-order valence-corrected chi connectivity index (χ4v) is 0.668. The number of hydrogen-bond acceptors (Lipinski definition) is 4. The van der Waals surface area contributed by atoms with Crippen molar-refractivity contribution < 1.29 is 17.9 Å². The molecule has 0 aliphatic heterocycles. The van der Waals surface area contributed by atoms with Crippen LogP contribution in [-0.2, 0) is 6.18 Å². The molecule has 4 nitrogen and oxygen atoms in total. The number of nitrogen functional groups attached to an aromatic ring is 1. The lowest BCUT2D eigenvalue weighted by Gasteiger charge is -2.07. The molecule has 0 aliphatic rings. The summed E-state index contributed by atoms with van der Waals surface area (Å²) < 4.78 is 40.6. The van der Waals surface area contributed by atoms with Crippen molar-refractivity contribution in [2.75, 3.05) is 12.8 Å². The van der Waals surface area contributed by atoms with Crippen molar-refractivity contribution in [3.63, 3.8) is 0 Å². The molecule has 0 fully saturated rings. The monoisotopic (exact) mass is 193 g/mol. The maximum absolute atomic E-state index is 12.0. The summed E-state index contributed by atoms with van der Waals surface area (Å²) in [4.78, 5) is 6.41. The average molecular weight is 193 g/mol. The van der Waals surface area contributed by atoms with Crippen LogP contribution in [0.4, 0.5) is 19.0 Å². The Kier molecular flexibility index (Phi) is 2.26. The van der Waals surface area contributed by atoms with E-state index in [2.05, 4.69) is 14.7 Å². The van der Waals surface area contributed by atoms with Crippen molar-refractivity contribution in [2.24, 2.45) is 0 Å². The number of alkyl halides is 3. The molecule has 0 atom stereocenters. The lowest BCUT2D eigenvalue weighted by atomic mass is 10.4. The molecule has 0 bridgehead atoms. The second-order valence-electron chi connectivity index (χ2n) is 2.15. The summed E-state index contributed by atoms with van der Waals surface area (Å²) in [5.74, 6) is -0.495. The third-order valence-corrected chi connectivity index (χ3v) is 1.25. The van der Waals surface area contributed by atoms with Crippen LogP contribution < -0.4 is 10.5 Å². The summed E-state index contributed by atoms with van der Waals surface area (Å²) in [7, 11) is 1.17. The number of hydrogen-bond donors (Lipinski definition) is 1. The van der Waals surface area contributed by atoms with Crippen molar-refractivity contribution in [2.45, 2.75) is 6.18 Å². The van der Waals surface area contributed by atoms with Gasteiger partial charge in [0.2, 0.25) is 0 Å². The van der Waals surface area contributed by atoms with Gasteiger partial charge in [0.25, 0.3) is 5.88 Å². The van der Waals surface area contributed by atoms with Crippen LogP contribution in [0.5, 0.6) is 5.88 Å². The normalized spacial score (nSPS) is 11.4. The van der Waals surface area contributed by atoms with Crippen LogP contribution in [-0.4, -0.2) is 17.1 Å². The van der Waals surface area contributed by atoms with Gasteiger partial charge in [0.15, 0.2) is 11.5 Å². The van der Waals surface area contributed by atoms with Gasteiger partial charge in [-0.25, -0.2) is 9.97 Å². The van der Waals surface area contributed by atoms with Crippen molar-refractivity contribution in [1.82, 2.24) is 9.97 Å². The van der Waals surface area contributed by atoms with E-state index in [1.807, 2.05) is 0 Å². The van der Waals surface area contributed by atoms with Crippen LogP contribution in [0.3, 0.4) is 0 Å². The molecular formula is C6H6F3N3O. The van der Waals surface area contributed by atoms with Gasteiger partial charge in [0, 0.05) is 0 Å². The molecule has 0 aromatic carbocycles. The average Bonchev–Trinajstić information content (AvgIpc) is 2.03. The van der Waals surface area contributed by atoms with Crippen molar-refractivity contribution in [1.29, 1.82) is 0 Å². The van der Waals surface area contributed by atoms with E-state index in [9.17, 15) is 13.2 Å². The van der Waals surface area contributed by atoms with Gasteiger partial charge in [-0.3, -0.25) is 0 Å². The van der Waals surface area contributed by atoms with Crippen LogP contribution >= 0.6 is 0 Å². The summed E-state index contributed by atoms with van der Waals surface area (Å²) in [6.07, 6.45) is -3.98. The second kappa shape index (κ2) is 3.08. The Bertz CT molecular complexity index is 312. The molecule has 0 aliphatic carbocycles. The molecule has 72 valence electrons. The van der Waals surface area contributed by atoms with Crippen LogP contribution in [0.1, 0.15) is 5.69 Å². The van der Waals surface area contributed by atoms with Gasteiger partial charge in [-0.2, -0.15) is 13.2 Å². The Balaban J connectivity index is 3.14. The molecule has 0 amide bonds. The summed E-state index contributed by atoms with van der Waals surface area (Å²) in [6, 6.07) is 0. The number of nitrogens with zero attached hydrogens (tertiary/aromatic N) is 2. The fourth-order valence-electron chi connectivity index (χ4n) is 0.668. The molecule has 0 unspecified atom stereocenters. The van der Waals surface area contributed by atoms with Gasteiger partial charge >= 0.3 is 6.18 Å². The molecule has 7 heteroatoms.